The molecular formula is C19H17FN2OS. The fourth-order valence-electron chi connectivity index (χ4n) is 3.20. The molecule has 0 bridgehead atoms. The lowest BCUT2D eigenvalue weighted by atomic mass is 10.1. The van der Waals surface area contributed by atoms with E-state index in [-0.39, 0.29) is 11.6 Å². The number of fused-ring (bicyclic) bond motifs is 3. The van der Waals surface area contributed by atoms with Crippen molar-refractivity contribution in [2.75, 3.05) is 0 Å². The van der Waals surface area contributed by atoms with Gasteiger partial charge in [-0.1, -0.05) is 24.6 Å². The Kier molecular flexibility index (Phi) is 4.02. The molecule has 0 amide bonds. The van der Waals surface area contributed by atoms with Crippen molar-refractivity contribution >= 4 is 28.2 Å². The van der Waals surface area contributed by atoms with Crippen molar-refractivity contribution in [1.82, 2.24) is 9.38 Å². The molecule has 24 heavy (non-hydrogen) atoms. The normalized spacial score (nSPS) is 14.9. The summed E-state index contributed by atoms with van der Waals surface area (Å²) in [6, 6.07) is 6.21. The van der Waals surface area contributed by atoms with Crippen LogP contribution >= 0.6 is 11.3 Å². The van der Waals surface area contributed by atoms with Crippen LogP contribution in [-0.2, 0) is 12.8 Å². The van der Waals surface area contributed by atoms with Gasteiger partial charge in [0.05, 0.1) is 6.20 Å². The van der Waals surface area contributed by atoms with E-state index < -0.39 is 0 Å². The van der Waals surface area contributed by atoms with E-state index in [9.17, 15) is 9.18 Å². The molecule has 0 saturated heterocycles. The topological polar surface area (TPSA) is 34.4 Å². The smallest absolute Gasteiger partial charge is 0.204 e. The van der Waals surface area contributed by atoms with Crippen molar-refractivity contribution < 1.29 is 9.18 Å². The van der Waals surface area contributed by atoms with Crippen molar-refractivity contribution in [3.63, 3.8) is 0 Å². The minimum atomic E-state index is -0.306. The third kappa shape index (κ3) is 2.80. The summed E-state index contributed by atoms with van der Waals surface area (Å²) in [6.07, 6.45) is 10.5. The van der Waals surface area contributed by atoms with E-state index in [2.05, 4.69) is 4.98 Å². The number of aryl methyl sites for hydroxylation is 2. The van der Waals surface area contributed by atoms with Crippen molar-refractivity contribution in [3.8, 4) is 0 Å². The molecule has 4 rings (SSSR count). The average molecular weight is 340 g/mol. The highest BCUT2D eigenvalue weighted by atomic mass is 32.1. The highest BCUT2D eigenvalue weighted by Crippen LogP contribution is 2.30. The fraction of sp³-hybridized carbons (Fsp3) is 0.263. The number of benzene rings is 1. The Bertz CT molecular complexity index is 938. The lowest BCUT2D eigenvalue weighted by Gasteiger charge is -2.02. The van der Waals surface area contributed by atoms with Gasteiger partial charge in [0, 0.05) is 10.6 Å². The lowest BCUT2D eigenvalue weighted by Crippen LogP contribution is -2.03. The van der Waals surface area contributed by atoms with E-state index in [1.165, 1.54) is 41.6 Å². The van der Waals surface area contributed by atoms with Crippen LogP contribution in [0.1, 0.15) is 45.9 Å². The maximum absolute atomic E-state index is 13.2. The van der Waals surface area contributed by atoms with Gasteiger partial charge in [0.1, 0.15) is 11.5 Å². The summed E-state index contributed by atoms with van der Waals surface area (Å²) >= 11 is 1.69. The first-order valence-electron chi connectivity index (χ1n) is 8.18. The van der Waals surface area contributed by atoms with Crippen LogP contribution in [0.4, 0.5) is 4.39 Å². The highest BCUT2D eigenvalue weighted by Gasteiger charge is 2.20. The van der Waals surface area contributed by atoms with Crippen LogP contribution in [0.15, 0.2) is 36.5 Å². The van der Waals surface area contributed by atoms with Gasteiger partial charge in [-0.25, -0.2) is 9.37 Å². The van der Waals surface area contributed by atoms with Gasteiger partial charge in [0.15, 0.2) is 4.96 Å². The maximum atomic E-state index is 13.2. The Balaban J connectivity index is 1.68. The zero-order valence-electron chi connectivity index (χ0n) is 13.2. The molecule has 0 saturated carbocycles. The third-order valence-electron chi connectivity index (χ3n) is 4.38. The van der Waals surface area contributed by atoms with Gasteiger partial charge < -0.3 is 0 Å². The van der Waals surface area contributed by atoms with E-state index in [4.69, 9.17) is 0 Å². The standard InChI is InChI=1S/C19H17FN2OS/c20-14-6-4-5-13(11-14)9-10-17(23)16-12-21-19-22(16)15-7-2-1-3-8-18(15)24-19/h4-6,9-12H,1-3,7-8H2. The Hall–Kier alpha value is -2.27. The average Bonchev–Trinajstić information content (AvgIpc) is 3.04. The van der Waals surface area contributed by atoms with Crippen LogP contribution in [0.2, 0.25) is 0 Å². The monoisotopic (exact) mass is 340 g/mol. The molecule has 122 valence electrons. The Morgan fingerprint density at radius 3 is 3.00 bits per heavy atom. The molecule has 5 heteroatoms. The molecule has 0 fully saturated rings. The molecule has 3 nitrogen and oxygen atoms in total. The second-order valence-electron chi connectivity index (χ2n) is 6.05. The number of nitrogens with zero attached hydrogens (tertiary/aromatic N) is 2. The molecule has 0 radical (unpaired) electrons. The molecule has 2 aromatic heterocycles. The van der Waals surface area contributed by atoms with Crippen LogP contribution in [0.5, 0.6) is 0 Å². The van der Waals surface area contributed by atoms with E-state index in [1.807, 2.05) is 4.40 Å². The number of thiazole rings is 1. The van der Waals surface area contributed by atoms with Crippen LogP contribution in [0.3, 0.4) is 0 Å². The minimum Gasteiger partial charge on any atom is -0.288 e. The van der Waals surface area contributed by atoms with Crippen molar-refractivity contribution in [2.24, 2.45) is 0 Å². The second kappa shape index (κ2) is 6.32. The number of carbonyl (C=O) groups is 1. The number of carbonyl (C=O) groups excluding carboxylic acids is 1. The summed E-state index contributed by atoms with van der Waals surface area (Å²) in [5.41, 5.74) is 2.51. The molecule has 0 spiro atoms. The molecule has 1 aliphatic rings. The van der Waals surface area contributed by atoms with Gasteiger partial charge in [0.25, 0.3) is 0 Å². The number of halogens is 1. The molecule has 0 aliphatic heterocycles. The molecule has 0 atom stereocenters. The summed E-state index contributed by atoms with van der Waals surface area (Å²) in [5, 5.41) is 0. The first-order chi connectivity index (χ1) is 11.7. The van der Waals surface area contributed by atoms with Gasteiger partial charge in [-0.05, 0) is 49.5 Å². The number of hydrogen-bond acceptors (Lipinski definition) is 3. The quantitative estimate of drug-likeness (QED) is 0.393. The molecule has 3 aromatic rings. The number of hydrogen-bond donors (Lipinski definition) is 0. The zero-order valence-corrected chi connectivity index (χ0v) is 14.0. The first-order valence-corrected chi connectivity index (χ1v) is 9.00. The zero-order chi connectivity index (χ0) is 16.5. The second-order valence-corrected chi connectivity index (χ2v) is 7.11. The largest absolute Gasteiger partial charge is 0.288 e. The molecule has 1 aromatic carbocycles. The number of ketones is 1. The molecule has 0 unspecified atom stereocenters. The fourth-order valence-corrected chi connectivity index (χ4v) is 4.39. The number of aromatic nitrogens is 2. The van der Waals surface area contributed by atoms with Gasteiger partial charge >= 0.3 is 0 Å². The van der Waals surface area contributed by atoms with E-state index in [1.54, 1.807) is 35.7 Å². The molecule has 2 heterocycles. The van der Waals surface area contributed by atoms with Crippen LogP contribution < -0.4 is 0 Å². The van der Waals surface area contributed by atoms with E-state index in [0.717, 1.165) is 24.2 Å². The van der Waals surface area contributed by atoms with Gasteiger partial charge in [-0.2, -0.15) is 0 Å². The molecule has 1 aliphatic carbocycles. The molecule has 0 N–H and O–H groups in total. The number of allylic oxidation sites excluding steroid dienone is 1. The summed E-state index contributed by atoms with van der Waals surface area (Å²) in [7, 11) is 0. The molecular weight excluding hydrogens is 323 g/mol. The van der Waals surface area contributed by atoms with Crippen LogP contribution in [0, 0.1) is 5.82 Å². The van der Waals surface area contributed by atoms with Crippen LogP contribution in [0.25, 0.3) is 11.0 Å². The van der Waals surface area contributed by atoms with Gasteiger partial charge in [0.2, 0.25) is 5.78 Å². The van der Waals surface area contributed by atoms with E-state index >= 15 is 0 Å². The van der Waals surface area contributed by atoms with Crippen molar-refractivity contribution in [3.05, 3.63) is 64.2 Å². The first kappa shape index (κ1) is 15.3. The highest BCUT2D eigenvalue weighted by molar-refractivity contribution is 7.17. The summed E-state index contributed by atoms with van der Waals surface area (Å²) in [4.78, 5) is 19.3. The predicted molar refractivity (Wildman–Crippen MR) is 94.1 cm³/mol. The lowest BCUT2D eigenvalue weighted by molar-refractivity contribution is 0.104. The van der Waals surface area contributed by atoms with Crippen molar-refractivity contribution in [1.29, 1.82) is 0 Å². The summed E-state index contributed by atoms with van der Waals surface area (Å²) in [6.45, 7) is 0. The van der Waals surface area contributed by atoms with Gasteiger partial charge in [-0.15, -0.1) is 11.3 Å². The Labute approximate surface area is 143 Å². The Morgan fingerprint density at radius 1 is 1.25 bits per heavy atom. The Morgan fingerprint density at radius 2 is 2.12 bits per heavy atom. The number of imidazole rings is 1. The van der Waals surface area contributed by atoms with Crippen molar-refractivity contribution in [2.45, 2.75) is 32.1 Å². The predicted octanol–water partition coefficient (Wildman–Crippen LogP) is 4.70. The summed E-state index contributed by atoms with van der Waals surface area (Å²) < 4.78 is 15.2. The SMILES string of the molecule is O=C(C=Cc1cccc(F)c1)c1cnc2sc3c(n12)CCCCC3. The summed E-state index contributed by atoms with van der Waals surface area (Å²) in [5.74, 6) is -0.406. The van der Waals surface area contributed by atoms with Crippen LogP contribution in [-0.4, -0.2) is 15.2 Å². The van der Waals surface area contributed by atoms with E-state index in [0.29, 0.717) is 11.3 Å². The van der Waals surface area contributed by atoms with Gasteiger partial charge in [-0.3, -0.25) is 9.20 Å². The third-order valence-corrected chi connectivity index (χ3v) is 5.54. The minimum absolute atomic E-state index is 0.100. The maximum Gasteiger partial charge on any atom is 0.204 e. The number of rotatable bonds is 3.